The molecule has 0 bridgehead atoms. The zero-order valence-electron chi connectivity index (χ0n) is 18.5. The predicted octanol–water partition coefficient (Wildman–Crippen LogP) is 4.11. The molecule has 2 aromatic carbocycles. The fourth-order valence-electron chi connectivity index (χ4n) is 3.93. The van der Waals surface area contributed by atoms with Gasteiger partial charge in [0.25, 0.3) is 15.9 Å². The Bertz CT molecular complexity index is 1210. The van der Waals surface area contributed by atoms with Gasteiger partial charge in [0.15, 0.2) is 0 Å². The van der Waals surface area contributed by atoms with Gasteiger partial charge in [0.2, 0.25) is 0 Å². The molecule has 0 aliphatic carbocycles. The van der Waals surface area contributed by atoms with Gasteiger partial charge in [0, 0.05) is 31.2 Å². The third kappa shape index (κ3) is 5.51. The summed E-state index contributed by atoms with van der Waals surface area (Å²) >= 11 is 0. The van der Waals surface area contributed by atoms with Gasteiger partial charge < -0.3 is 9.64 Å². The number of carbonyl (C=O) groups excluding carboxylic acids is 1. The van der Waals surface area contributed by atoms with Crippen LogP contribution in [0.25, 0.3) is 0 Å². The average molecular weight is 466 g/mol. The number of benzene rings is 2. The summed E-state index contributed by atoms with van der Waals surface area (Å²) in [4.78, 5) is 18.8. The molecule has 1 aromatic heterocycles. The number of nitrogens with one attached hydrogen (secondary N) is 1. The molecule has 0 unspecified atom stereocenters. The Morgan fingerprint density at radius 1 is 0.970 bits per heavy atom. The van der Waals surface area contributed by atoms with Crippen LogP contribution in [0.15, 0.2) is 71.9 Å². The van der Waals surface area contributed by atoms with Crippen molar-refractivity contribution < 1.29 is 17.9 Å². The highest BCUT2D eigenvalue weighted by Gasteiger charge is 2.24. The second kappa shape index (κ2) is 10.0. The molecule has 1 aliphatic rings. The van der Waals surface area contributed by atoms with Crippen LogP contribution in [-0.2, 0) is 16.4 Å². The third-order valence-electron chi connectivity index (χ3n) is 5.72. The van der Waals surface area contributed by atoms with E-state index in [2.05, 4.69) is 9.71 Å². The summed E-state index contributed by atoms with van der Waals surface area (Å²) in [7, 11) is -2.41. The molecule has 2 heterocycles. The number of piperidine rings is 1. The normalized spacial score (nSPS) is 14.0. The Morgan fingerprint density at radius 2 is 1.64 bits per heavy atom. The molecule has 0 atom stereocenters. The van der Waals surface area contributed by atoms with E-state index in [0.29, 0.717) is 24.5 Å². The minimum atomic E-state index is -3.88. The third-order valence-corrected chi connectivity index (χ3v) is 7.10. The number of amides is 1. The first kappa shape index (κ1) is 22.8. The highest BCUT2D eigenvalue weighted by atomic mass is 32.2. The Morgan fingerprint density at radius 3 is 2.30 bits per heavy atom. The van der Waals surface area contributed by atoms with Crippen molar-refractivity contribution in [1.29, 1.82) is 0 Å². The van der Waals surface area contributed by atoms with Crippen molar-refractivity contribution in [2.24, 2.45) is 0 Å². The van der Waals surface area contributed by atoms with Gasteiger partial charge in [-0.3, -0.25) is 14.5 Å². The summed E-state index contributed by atoms with van der Waals surface area (Å²) in [6, 6.07) is 15.5. The topological polar surface area (TPSA) is 88.6 Å². The molecule has 33 heavy (non-hydrogen) atoms. The Labute approximate surface area is 194 Å². The Kier molecular flexibility index (Phi) is 6.93. The molecule has 0 saturated carbocycles. The number of hydrogen-bond donors (Lipinski definition) is 1. The lowest BCUT2D eigenvalue weighted by atomic mass is 10.1. The molecule has 1 amide bonds. The number of likely N-dealkylation sites (tertiary alicyclic amines) is 1. The average Bonchev–Trinajstić information content (AvgIpc) is 2.85. The van der Waals surface area contributed by atoms with Crippen LogP contribution in [0.5, 0.6) is 5.75 Å². The molecule has 3 aromatic rings. The lowest BCUT2D eigenvalue weighted by Gasteiger charge is -2.27. The van der Waals surface area contributed by atoms with E-state index in [9.17, 15) is 13.2 Å². The first-order valence-electron chi connectivity index (χ1n) is 10.9. The van der Waals surface area contributed by atoms with E-state index < -0.39 is 10.0 Å². The number of pyridine rings is 1. The molecular formula is C25H27N3O4S. The van der Waals surface area contributed by atoms with Crippen molar-refractivity contribution in [2.45, 2.75) is 30.6 Å². The zero-order valence-corrected chi connectivity index (χ0v) is 19.3. The van der Waals surface area contributed by atoms with Gasteiger partial charge >= 0.3 is 0 Å². The summed E-state index contributed by atoms with van der Waals surface area (Å²) in [6.07, 6.45) is 7.22. The molecule has 4 rings (SSSR count). The summed E-state index contributed by atoms with van der Waals surface area (Å²) < 4.78 is 34.0. The maximum atomic E-state index is 13.0. The number of methoxy groups -OCH3 is 1. The van der Waals surface area contributed by atoms with Crippen LogP contribution in [0.1, 0.15) is 40.7 Å². The van der Waals surface area contributed by atoms with Crippen LogP contribution in [0.4, 0.5) is 5.69 Å². The molecule has 8 heteroatoms. The van der Waals surface area contributed by atoms with Gasteiger partial charge in [-0.05, 0) is 79.3 Å². The zero-order chi connectivity index (χ0) is 23.3. The van der Waals surface area contributed by atoms with Gasteiger partial charge in [0.05, 0.1) is 17.6 Å². The Balaban J connectivity index is 1.52. The smallest absolute Gasteiger partial charge is 0.261 e. The maximum Gasteiger partial charge on any atom is 0.261 e. The number of sulfonamides is 1. The maximum absolute atomic E-state index is 13.0. The molecule has 172 valence electrons. The number of anilines is 1. The van der Waals surface area contributed by atoms with Crippen molar-refractivity contribution in [3.8, 4) is 5.75 Å². The van der Waals surface area contributed by atoms with Crippen molar-refractivity contribution >= 4 is 21.6 Å². The first-order valence-corrected chi connectivity index (χ1v) is 12.4. The fraction of sp³-hybridized carbons (Fsp3) is 0.280. The van der Waals surface area contributed by atoms with Gasteiger partial charge in [-0.2, -0.15) is 0 Å². The highest BCUT2D eigenvalue weighted by molar-refractivity contribution is 7.92. The number of ether oxygens (including phenoxy) is 1. The van der Waals surface area contributed by atoms with Gasteiger partial charge in [-0.15, -0.1) is 0 Å². The quantitative estimate of drug-likeness (QED) is 0.567. The monoisotopic (exact) mass is 465 g/mol. The predicted molar refractivity (Wildman–Crippen MR) is 127 cm³/mol. The van der Waals surface area contributed by atoms with E-state index >= 15 is 0 Å². The van der Waals surface area contributed by atoms with E-state index in [1.165, 1.54) is 25.3 Å². The number of nitrogens with zero attached hydrogens (tertiary/aromatic N) is 2. The molecule has 1 N–H and O–H groups in total. The van der Waals surface area contributed by atoms with Gasteiger partial charge in [-0.1, -0.05) is 12.1 Å². The lowest BCUT2D eigenvalue weighted by Crippen LogP contribution is -2.35. The van der Waals surface area contributed by atoms with Crippen LogP contribution < -0.4 is 9.46 Å². The van der Waals surface area contributed by atoms with Gasteiger partial charge in [-0.25, -0.2) is 8.42 Å². The summed E-state index contributed by atoms with van der Waals surface area (Å²) in [5, 5.41) is 0. The van der Waals surface area contributed by atoms with Gasteiger partial charge in [0.1, 0.15) is 5.75 Å². The number of hydrogen-bond acceptors (Lipinski definition) is 5. The van der Waals surface area contributed by atoms with E-state index in [-0.39, 0.29) is 16.4 Å². The van der Waals surface area contributed by atoms with E-state index in [0.717, 1.165) is 36.8 Å². The molecule has 1 fully saturated rings. The number of rotatable bonds is 7. The van der Waals surface area contributed by atoms with E-state index in [1.54, 1.807) is 29.4 Å². The second-order valence-corrected chi connectivity index (χ2v) is 9.73. The first-order chi connectivity index (χ1) is 16.0. The van der Waals surface area contributed by atoms with Crippen LogP contribution in [0.3, 0.4) is 0 Å². The van der Waals surface area contributed by atoms with Crippen LogP contribution in [0, 0.1) is 0 Å². The fourth-order valence-corrected chi connectivity index (χ4v) is 5.01. The molecule has 0 radical (unpaired) electrons. The molecular weight excluding hydrogens is 438 g/mol. The summed E-state index contributed by atoms with van der Waals surface area (Å²) in [5.74, 6) is 0.161. The minimum Gasteiger partial charge on any atom is -0.496 e. The van der Waals surface area contributed by atoms with E-state index in [1.807, 2.05) is 24.3 Å². The SMILES string of the molecule is COc1ccc(S(=O)(=O)Nc2ccc(Cc3ccncc3)cc2)cc1C(=O)N1CCCCC1. The lowest BCUT2D eigenvalue weighted by molar-refractivity contribution is 0.0720. The number of aromatic nitrogens is 1. The van der Waals surface area contributed by atoms with Crippen LogP contribution in [-0.4, -0.2) is 44.4 Å². The van der Waals surface area contributed by atoms with E-state index in [4.69, 9.17) is 4.74 Å². The molecule has 0 spiro atoms. The second-order valence-electron chi connectivity index (χ2n) is 8.05. The van der Waals surface area contributed by atoms with Crippen molar-refractivity contribution in [2.75, 3.05) is 24.9 Å². The highest BCUT2D eigenvalue weighted by Crippen LogP contribution is 2.26. The van der Waals surface area contributed by atoms with Crippen LogP contribution >= 0.6 is 0 Å². The Hall–Kier alpha value is -3.39. The van der Waals surface area contributed by atoms with Crippen molar-refractivity contribution in [3.05, 3.63) is 83.7 Å². The number of carbonyl (C=O) groups is 1. The standard InChI is InChI=1S/C25H27N3O4S/c1-32-24-10-9-22(18-23(24)25(29)28-15-3-2-4-16-28)33(30,31)27-21-7-5-19(6-8-21)17-20-11-13-26-14-12-20/h5-14,18,27H,2-4,15-17H2,1H3. The van der Waals surface area contributed by atoms with Crippen LogP contribution in [0.2, 0.25) is 0 Å². The minimum absolute atomic E-state index is 0.0181. The molecule has 1 saturated heterocycles. The molecule has 7 nitrogen and oxygen atoms in total. The van der Waals surface area contributed by atoms with Crippen molar-refractivity contribution in [1.82, 2.24) is 9.88 Å². The molecule has 1 aliphatic heterocycles. The summed E-state index contributed by atoms with van der Waals surface area (Å²) in [6.45, 7) is 1.34. The summed E-state index contributed by atoms with van der Waals surface area (Å²) in [5.41, 5.74) is 2.90. The van der Waals surface area contributed by atoms with Crippen molar-refractivity contribution in [3.63, 3.8) is 0 Å². The largest absolute Gasteiger partial charge is 0.496 e.